The van der Waals surface area contributed by atoms with Gasteiger partial charge in [-0.05, 0) is 50.6 Å². The van der Waals surface area contributed by atoms with Crippen molar-refractivity contribution in [1.82, 2.24) is 19.4 Å². The number of ether oxygens (including phenoxy) is 3. The minimum absolute atomic E-state index is 0.0240. The number of nitrogens with zero attached hydrogens (tertiary/aromatic N) is 5. The van der Waals surface area contributed by atoms with E-state index in [0.29, 0.717) is 45.4 Å². The summed E-state index contributed by atoms with van der Waals surface area (Å²) in [6.07, 6.45) is 1.15. The second-order valence-corrected chi connectivity index (χ2v) is 11.3. The van der Waals surface area contributed by atoms with Gasteiger partial charge in [-0.2, -0.15) is 0 Å². The van der Waals surface area contributed by atoms with E-state index in [2.05, 4.69) is 4.98 Å². The first kappa shape index (κ1) is 28.9. The standard InChI is InChI=1S/C30H34FN5O6/c1-30(2,3)42-29(39)34-15-20-11-19(12-23(31)22(20)17-34)27-32-14-25(33(27)4)35-10-9-26(37)36(28(35)38)16-18-7-8-21(40-5)13-24(18)41-6/h7-8,11-14H,9-10,15-17H2,1-6H3. The summed E-state index contributed by atoms with van der Waals surface area (Å²) >= 11 is 0. The van der Waals surface area contributed by atoms with Crippen molar-refractivity contribution in [1.29, 1.82) is 0 Å². The lowest BCUT2D eigenvalue weighted by molar-refractivity contribution is -0.129. The van der Waals surface area contributed by atoms with Crippen molar-refractivity contribution in [2.24, 2.45) is 7.05 Å². The van der Waals surface area contributed by atoms with Crippen LogP contribution in [0.15, 0.2) is 36.5 Å². The fourth-order valence-electron chi connectivity index (χ4n) is 5.18. The van der Waals surface area contributed by atoms with E-state index < -0.39 is 23.5 Å². The molecule has 0 bridgehead atoms. The Morgan fingerprint density at radius 2 is 1.83 bits per heavy atom. The first-order valence-electron chi connectivity index (χ1n) is 13.5. The van der Waals surface area contributed by atoms with Crippen LogP contribution in [-0.2, 0) is 36.2 Å². The summed E-state index contributed by atoms with van der Waals surface area (Å²) < 4.78 is 33.1. The number of rotatable bonds is 6. The van der Waals surface area contributed by atoms with Gasteiger partial charge >= 0.3 is 12.1 Å². The summed E-state index contributed by atoms with van der Waals surface area (Å²) in [5.41, 5.74) is 1.60. The maximum atomic E-state index is 15.2. The van der Waals surface area contributed by atoms with Crippen molar-refractivity contribution in [3.05, 3.63) is 59.0 Å². The highest BCUT2D eigenvalue weighted by atomic mass is 19.1. The summed E-state index contributed by atoms with van der Waals surface area (Å²) in [5, 5.41) is 0. The molecule has 0 atom stereocenters. The first-order chi connectivity index (χ1) is 19.9. The van der Waals surface area contributed by atoms with Gasteiger partial charge in [0.25, 0.3) is 0 Å². The number of anilines is 1. The van der Waals surface area contributed by atoms with Gasteiger partial charge in [0.15, 0.2) is 0 Å². The summed E-state index contributed by atoms with van der Waals surface area (Å²) in [7, 11) is 4.79. The summed E-state index contributed by atoms with van der Waals surface area (Å²) in [5.74, 6) is 1.25. The van der Waals surface area contributed by atoms with E-state index in [1.165, 1.54) is 34.1 Å². The molecule has 42 heavy (non-hydrogen) atoms. The highest BCUT2D eigenvalue weighted by Gasteiger charge is 2.36. The Hall–Kier alpha value is -4.61. The van der Waals surface area contributed by atoms with Gasteiger partial charge in [0, 0.05) is 49.3 Å². The maximum absolute atomic E-state index is 15.2. The number of fused-ring (bicyclic) bond motifs is 1. The van der Waals surface area contributed by atoms with Crippen LogP contribution in [0.2, 0.25) is 0 Å². The third-order valence-electron chi connectivity index (χ3n) is 7.28. The number of amides is 4. The lowest BCUT2D eigenvalue weighted by Gasteiger charge is -2.34. The number of hydrogen-bond acceptors (Lipinski definition) is 7. The third-order valence-corrected chi connectivity index (χ3v) is 7.28. The summed E-state index contributed by atoms with van der Waals surface area (Å²) in [4.78, 5) is 47.6. The van der Waals surface area contributed by atoms with E-state index in [1.807, 2.05) is 0 Å². The van der Waals surface area contributed by atoms with Gasteiger partial charge in [-0.25, -0.2) is 19.0 Å². The Bertz CT molecular complexity index is 1560. The van der Waals surface area contributed by atoms with Crippen LogP contribution in [0.25, 0.3) is 11.4 Å². The van der Waals surface area contributed by atoms with Gasteiger partial charge < -0.3 is 18.8 Å². The Morgan fingerprint density at radius 1 is 1.07 bits per heavy atom. The average Bonchev–Trinajstić information content (AvgIpc) is 3.54. The Kier molecular flexibility index (Phi) is 7.56. The van der Waals surface area contributed by atoms with Crippen LogP contribution in [0.5, 0.6) is 11.5 Å². The van der Waals surface area contributed by atoms with Crippen molar-refractivity contribution in [2.45, 2.75) is 52.4 Å². The van der Waals surface area contributed by atoms with Crippen molar-refractivity contribution < 1.29 is 33.0 Å². The Labute approximate surface area is 243 Å². The molecule has 3 heterocycles. The second-order valence-electron chi connectivity index (χ2n) is 11.3. The fraction of sp³-hybridized carbons (Fsp3) is 0.400. The normalized spacial score (nSPS) is 15.3. The van der Waals surface area contributed by atoms with E-state index in [9.17, 15) is 14.4 Å². The number of aromatic nitrogens is 2. The number of halogens is 1. The molecule has 0 radical (unpaired) electrons. The zero-order valence-corrected chi connectivity index (χ0v) is 24.6. The zero-order valence-electron chi connectivity index (χ0n) is 24.6. The molecule has 1 fully saturated rings. The van der Waals surface area contributed by atoms with Gasteiger partial charge in [0.1, 0.15) is 34.6 Å². The predicted molar refractivity (Wildman–Crippen MR) is 152 cm³/mol. The molecule has 11 nitrogen and oxygen atoms in total. The quantitative estimate of drug-likeness (QED) is 0.411. The number of carbonyl (C=O) groups excluding carboxylic acids is 3. The molecule has 5 rings (SSSR count). The van der Waals surface area contributed by atoms with Gasteiger partial charge in [0.05, 0.1) is 33.5 Å². The number of urea groups is 1. The number of benzene rings is 2. The van der Waals surface area contributed by atoms with Crippen LogP contribution in [0.3, 0.4) is 0 Å². The largest absolute Gasteiger partial charge is 0.497 e. The molecule has 0 aliphatic carbocycles. The van der Waals surface area contributed by atoms with E-state index in [1.54, 1.807) is 63.8 Å². The molecule has 1 saturated heterocycles. The molecule has 12 heteroatoms. The fourth-order valence-corrected chi connectivity index (χ4v) is 5.18. The lowest BCUT2D eigenvalue weighted by atomic mass is 10.1. The summed E-state index contributed by atoms with van der Waals surface area (Å²) in [6.45, 7) is 5.87. The SMILES string of the molecule is COc1ccc(CN2C(=O)CCN(c3cnc(-c4cc(F)c5c(c4)CN(C(=O)OC(C)(C)C)C5)n3C)C2=O)c(OC)c1. The highest BCUT2D eigenvalue weighted by molar-refractivity contribution is 6.05. The van der Waals surface area contributed by atoms with Gasteiger partial charge in [-0.1, -0.05) is 0 Å². The molecule has 4 amide bonds. The lowest BCUT2D eigenvalue weighted by Crippen LogP contribution is -2.52. The molecular formula is C30H34FN5O6. The number of imide groups is 1. The highest BCUT2D eigenvalue weighted by Crippen LogP contribution is 2.34. The molecule has 0 saturated carbocycles. The van der Waals surface area contributed by atoms with Crippen LogP contribution < -0.4 is 14.4 Å². The maximum Gasteiger partial charge on any atom is 0.410 e. The van der Waals surface area contributed by atoms with Crippen LogP contribution in [0.4, 0.5) is 19.8 Å². The molecule has 1 aromatic heterocycles. The van der Waals surface area contributed by atoms with E-state index in [0.717, 1.165) is 0 Å². The molecular weight excluding hydrogens is 545 g/mol. The van der Waals surface area contributed by atoms with Gasteiger partial charge in [-0.15, -0.1) is 0 Å². The smallest absolute Gasteiger partial charge is 0.410 e. The van der Waals surface area contributed by atoms with E-state index >= 15 is 4.39 Å². The molecule has 0 N–H and O–H groups in total. The molecule has 2 aliphatic heterocycles. The molecule has 222 valence electrons. The van der Waals surface area contributed by atoms with Crippen LogP contribution >= 0.6 is 0 Å². The summed E-state index contributed by atoms with van der Waals surface area (Å²) in [6, 6.07) is 7.89. The molecule has 2 aliphatic rings. The van der Waals surface area contributed by atoms with Crippen LogP contribution in [-0.4, -0.2) is 63.7 Å². The topological polar surface area (TPSA) is 106 Å². The second kappa shape index (κ2) is 11.0. The minimum atomic E-state index is -0.661. The molecule has 0 unspecified atom stereocenters. The number of hydrogen-bond donors (Lipinski definition) is 0. The number of imidazole rings is 1. The molecule has 0 spiro atoms. The van der Waals surface area contributed by atoms with Crippen molar-refractivity contribution in [3.8, 4) is 22.9 Å². The van der Waals surface area contributed by atoms with Gasteiger partial charge in [-0.3, -0.25) is 19.5 Å². The van der Waals surface area contributed by atoms with Crippen LogP contribution in [0.1, 0.15) is 43.9 Å². The Balaban J connectivity index is 1.38. The monoisotopic (exact) mass is 579 g/mol. The van der Waals surface area contributed by atoms with Crippen LogP contribution in [0, 0.1) is 5.82 Å². The van der Waals surface area contributed by atoms with E-state index in [4.69, 9.17) is 14.2 Å². The van der Waals surface area contributed by atoms with Crippen molar-refractivity contribution >= 4 is 23.8 Å². The number of carbonyl (C=O) groups is 3. The predicted octanol–water partition coefficient (Wildman–Crippen LogP) is 4.85. The van der Waals surface area contributed by atoms with Crippen molar-refractivity contribution in [2.75, 3.05) is 25.7 Å². The third kappa shape index (κ3) is 5.48. The minimum Gasteiger partial charge on any atom is -0.497 e. The molecule has 2 aromatic carbocycles. The van der Waals surface area contributed by atoms with Crippen molar-refractivity contribution in [3.63, 3.8) is 0 Å². The van der Waals surface area contributed by atoms with E-state index in [-0.39, 0.29) is 38.5 Å². The Morgan fingerprint density at radius 3 is 2.52 bits per heavy atom. The van der Waals surface area contributed by atoms with Gasteiger partial charge in [0.2, 0.25) is 5.91 Å². The number of methoxy groups -OCH3 is 2. The molecule has 3 aromatic rings. The zero-order chi connectivity index (χ0) is 30.3. The average molecular weight is 580 g/mol. The first-order valence-corrected chi connectivity index (χ1v) is 13.5.